The normalized spacial score (nSPS) is 28.7. The van der Waals surface area contributed by atoms with Gasteiger partial charge in [0.05, 0.1) is 0 Å². The van der Waals surface area contributed by atoms with Gasteiger partial charge in [-0.1, -0.05) is 25.5 Å². The molecule has 2 atom stereocenters. The number of nitrogens with two attached hydrogens (primary N) is 1. The SMILES string of the molecule is Cn1nc(C(N)=O)c2c1CCN(CC1=CC[C@H]3C[C@@H]1C3(C)C)C2. The fourth-order valence-electron chi connectivity index (χ4n) is 4.90. The summed E-state index contributed by atoms with van der Waals surface area (Å²) in [5, 5.41) is 4.32. The number of nitrogens with zero attached hydrogens (tertiary/aromatic N) is 3. The standard InChI is InChI=1S/C18H26N4O/c1-18(2)12-5-4-11(14(18)8-12)9-22-7-6-15-13(10-22)16(17(19)23)20-21(15)3/h4,12,14H,5-10H2,1-3H3,(H2,19,23)/t12-,14-/m0/s1. The minimum atomic E-state index is -0.413. The Hall–Kier alpha value is -1.62. The average Bonchev–Trinajstić information content (AvgIpc) is 2.84. The van der Waals surface area contributed by atoms with Crippen LogP contribution in [-0.2, 0) is 20.0 Å². The molecule has 1 fully saturated rings. The monoisotopic (exact) mass is 314 g/mol. The lowest BCUT2D eigenvalue weighted by Gasteiger charge is -2.57. The van der Waals surface area contributed by atoms with Crippen molar-refractivity contribution in [1.82, 2.24) is 14.7 Å². The van der Waals surface area contributed by atoms with Gasteiger partial charge in [0.25, 0.3) is 5.91 Å². The zero-order valence-corrected chi connectivity index (χ0v) is 14.3. The molecule has 4 aliphatic rings. The molecule has 0 saturated heterocycles. The van der Waals surface area contributed by atoms with E-state index < -0.39 is 5.91 Å². The summed E-state index contributed by atoms with van der Waals surface area (Å²) in [6.45, 7) is 7.67. The maximum absolute atomic E-state index is 11.6. The van der Waals surface area contributed by atoms with E-state index in [1.165, 1.54) is 12.8 Å². The first kappa shape index (κ1) is 14.9. The zero-order chi connectivity index (χ0) is 16.4. The number of allylic oxidation sites excluding steroid dienone is 1. The number of carbonyl (C=O) groups is 1. The Morgan fingerprint density at radius 1 is 1.48 bits per heavy atom. The van der Waals surface area contributed by atoms with Crippen molar-refractivity contribution in [3.8, 4) is 0 Å². The molecule has 5 nitrogen and oxygen atoms in total. The number of carbonyl (C=O) groups excluding carboxylic acids is 1. The smallest absolute Gasteiger partial charge is 0.269 e. The highest BCUT2D eigenvalue weighted by Gasteiger charge is 2.51. The van der Waals surface area contributed by atoms with Crippen molar-refractivity contribution in [2.45, 2.75) is 39.7 Å². The molecule has 0 radical (unpaired) electrons. The molecule has 2 bridgehead atoms. The summed E-state index contributed by atoms with van der Waals surface area (Å²) in [6.07, 6.45) is 6.00. The number of primary amides is 1. The first-order chi connectivity index (χ1) is 10.9. The summed E-state index contributed by atoms with van der Waals surface area (Å²) in [7, 11) is 1.90. The highest BCUT2D eigenvalue weighted by Crippen LogP contribution is 2.59. The van der Waals surface area contributed by atoms with Crippen LogP contribution in [0.15, 0.2) is 11.6 Å². The Morgan fingerprint density at radius 3 is 2.91 bits per heavy atom. The maximum Gasteiger partial charge on any atom is 0.269 e. The van der Waals surface area contributed by atoms with Gasteiger partial charge in [0, 0.05) is 44.4 Å². The van der Waals surface area contributed by atoms with Gasteiger partial charge in [0.1, 0.15) is 0 Å². The average molecular weight is 314 g/mol. The lowest BCUT2D eigenvalue weighted by atomic mass is 9.49. The van der Waals surface area contributed by atoms with E-state index in [0.29, 0.717) is 11.1 Å². The van der Waals surface area contributed by atoms with Gasteiger partial charge in [0.2, 0.25) is 0 Å². The van der Waals surface area contributed by atoms with Gasteiger partial charge in [-0.25, -0.2) is 0 Å². The van der Waals surface area contributed by atoms with Crippen LogP contribution >= 0.6 is 0 Å². The first-order valence-corrected chi connectivity index (χ1v) is 8.63. The van der Waals surface area contributed by atoms with Gasteiger partial charge >= 0.3 is 0 Å². The molecule has 1 amide bonds. The van der Waals surface area contributed by atoms with Gasteiger partial charge in [0.15, 0.2) is 5.69 Å². The van der Waals surface area contributed by atoms with Crippen molar-refractivity contribution >= 4 is 5.91 Å². The summed E-state index contributed by atoms with van der Waals surface area (Å²) in [6, 6.07) is 0. The Balaban J connectivity index is 1.53. The van der Waals surface area contributed by atoms with E-state index in [9.17, 15) is 4.79 Å². The van der Waals surface area contributed by atoms with Gasteiger partial charge in [-0.3, -0.25) is 14.4 Å². The largest absolute Gasteiger partial charge is 0.364 e. The van der Waals surface area contributed by atoms with Crippen LogP contribution in [0.4, 0.5) is 0 Å². The zero-order valence-electron chi connectivity index (χ0n) is 14.3. The minimum absolute atomic E-state index is 0.413. The Bertz CT molecular complexity index is 700. The number of aromatic nitrogens is 2. The fourth-order valence-corrected chi connectivity index (χ4v) is 4.90. The molecule has 0 unspecified atom stereocenters. The molecular weight excluding hydrogens is 288 g/mol. The number of fused-ring (bicyclic) bond motifs is 2. The Morgan fingerprint density at radius 2 is 2.26 bits per heavy atom. The molecular formula is C18H26N4O. The summed E-state index contributed by atoms with van der Waals surface area (Å²) in [4.78, 5) is 14.1. The number of amides is 1. The molecule has 0 spiro atoms. The first-order valence-electron chi connectivity index (χ1n) is 8.63. The summed E-state index contributed by atoms with van der Waals surface area (Å²) >= 11 is 0. The summed E-state index contributed by atoms with van der Waals surface area (Å²) in [5.41, 5.74) is 10.2. The lowest BCUT2D eigenvalue weighted by Crippen LogP contribution is -2.50. The second kappa shape index (κ2) is 4.94. The number of hydrogen-bond donors (Lipinski definition) is 1. The van der Waals surface area contributed by atoms with Gasteiger partial charge < -0.3 is 5.73 Å². The van der Waals surface area contributed by atoms with Crippen LogP contribution in [0.25, 0.3) is 0 Å². The van der Waals surface area contributed by atoms with Gasteiger partial charge in [-0.05, 0) is 30.1 Å². The molecule has 124 valence electrons. The molecule has 1 aromatic heterocycles. The highest BCUT2D eigenvalue weighted by molar-refractivity contribution is 5.92. The summed E-state index contributed by atoms with van der Waals surface area (Å²) in [5.74, 6) is 1.21. The Kier molecular flexibility index (Phi) is 3.21. The fraction of sp³-hybridized carbons (Fsp3) is 0.667. The molecule has 2 N–H and O–H groups in total. The third-order valence-corrected chi connectivity index (χ3v) is 6.54. The van der Waals surface area contributed by atoms with Crippen molar-refractivity contribution in [2.75, 3.05) is 13.1 Å². The van der Waals surface area contributed by atoms with Crippen LogP contribution in [-0.4, -0.2) is 33.7 Å². The third kappa shape index (κ3) is 2.17. The van der Waals surface area contributed by atoms with E-state index in [1.54, 1.807) is 5.57 Å². The van der Waals surface area contributed by atoms with E-state index in [-0.39, 0.29) is 0 Å². The molecule has 1 aromatic rings. The molecule has 2 heterocycles. The summed E-state index contributed by atoms with van der Waals surface area (Å²) < 4.78 is 1.83. The lowest BCUT2D eigenvalue weighted by molar-refractivity contribution is -0.0110. The van der Waals surface area contributed by atoms with Gasteiger partial charge in [-0.2, -0.15) is 5.10 Å². The van der Waals surface area contributed by atoms with Gasteiger partial charge in [-0.15, -0.1) is 0 Å². The third-order valence-electron chi connectivity index (χ3n) is 6.54. The van der Waals surface area contributed by atoms with E-state index in [4.69, 9.17) is 5.73 Å². The quantitative estimate of drug-likeness (QED) is 0.866. The van der Waals surface area contributed by atoms with Crippen LogP contribution in [0.1, 0.15) is 48.4 Å². The van der Waals surface area contributed by atoms with E-state index in [1.807, 2.05) is 11.7 Å². The van der Waals surface area contributed by atoms with Crippen molar-refractivity contribution < 1.29 is 4.79 Å². The topological polar surface area (TPSA) is 64.2 Å². The molecule has 3 aliphatic carbocycles. The molecule has 23 heavy (non-hydrogen) atoms. The highest BCUT2D eigenvalue weighted by atomic mass is 16.1. The molecule has 0 aromatic carbocycles. The van der Waals surface area contributed by atoms with Crippen molar-refractivity contribution in [2.24, 2.45) is 30.0 Å². The predicted octanol–water partition coefficient (Wildman–Crippen LogP) is 1.87. The van der Waals surface area contributed by atoms with Crippen molar-refractivity contribution in [3.63, 3.8) is 0 Å². The van der Waals surface area contributed by atoms with Crippen LogP contribution in [0, 0.1) is 17.3 Å². The predicted molar refractivity (Wildman–Crippen MR) is 88.8 cm³/mol. The second-order valence-electron chi connectivity index (χ2n) is 8.04. The Labute approximate surface area is 137 Å². The number of aryl methyl sites for hydroxylation is 1. The van der Waals surface area contributed by atoms with Crippen molar-refractivity contribution in [3.05, 3.63) is 28.6 Å². The second-order valence-corrected chi connectivity index (χ2v) is 8.04. The number of rotatable bonds is 3. The van der Waals surface area contributed by atoms with E-state index >= 15 is 0 Å². The molecule has 1 aliphatic heterocycles. The molecule has 5 heteroatoms. The number of hydrogen-bond acceptors (Lipinski definition) is 3. The maximum atomic E-state index is 11.6. The minimum Gasteiger partial charge on any atom is -0.364 e. The van der Waals surface area contributed by atoms with E-state index in [0.717, 1.165) is 49.1 Å². The van der Waals surface area contributed by atoms with Crippen LogP contribution in [0.3, 0.4) is 0 Å². The molecule has 1 saturated carbocycles. The van der Waals surface area contributed by atoms with Crippen LogP contribution in [0.2, 0.25) is 0 Å². The van der Waals surface area contributed by atoms with E-state index in [2.05, 4.69) is 29.9 Å². The van der Waals surface area contributed by atoms with Crippen LogP contribution in [0.5, 0.6) is 0 Å². The van der Waals surface area contributed by atoms with Crippen molar-refractivity contribution in [1.29, 1.82) is 0 Å². The molecule has 5 rings (SSSR count). The van der Waals surface area contributed by atoms with Crippen LogP contribution < -0.4 is 5.73 Å².